The van der Waals surface area contributed by atoms with Crippen LogP contribution in [0.2, 0.25) is 0 Å². The number of nitrogens with zero attached hydrogens (tertiary/aromatic N) is 3. The van der Waals surface area contributed by atoms with Crippen molar-refractivity contribution in [3.8, 4) is 0 Å². The minimum absolute atomic E-state index is 0.0471. The average molecular weight is 253 g/mol. The summed E-state index contributed by atoms with van der Waals surface area (Å²) >= 11 is 0. The van der Waals surface area contributed by atoms with Gasteiger partial charge >= 0.3 is 5.97 Å². The molecule has 1 aromatic rings. The van der Waals surface area contributed by atoms with Crippen molar-refractivity contribution in [2.24, 2.45) is 5.92 Å². The van der Waals surface area contributed by atoms with E-state index in [0.717, 1.165) is 25.7 Å². The van der Waals surface area contributed by atoms with Gasteiger partial charge in [-0.2, -0.15) is 5.21 Å². The maximum Gasteiger partial charge on any atom is 0.308 e. The van der Waals surface area contributed by atoms with Crippen LogP contribution in [0.15, 0.2) is 0 Å². The van der Waals surface area contributed by atoms with Gasteiger partial charge in [0, 0.05) is 6.04 Å². The summed E-state index contributed by atoms with van der Waals surface area (Å²) in [7, 11) is 0. The highest BCUT2D eigenvalue weighted by Crippen LogP contribution is 2.25. The van der Waals surface area contributed by atoms with E-state index in [9.17, 15) is 4.79 Å². The summed E-state index contributed by atoms with van der Waals surface area (Å²) in [5.41, 5.74) is 0. The highest BCUT2D eigenvalue weighted by Gasteiger charge is 2.26. The molecule has 0 unspecified atom stereocenters. The summed E-state index contributed by atoms with van der Waals surface area (Å²) < 4.78 is 5.04. The van der Waals surface area contributed by atoms with Crippen molar-refractivity contribution in [1.29, 1.82) is 0 Å². The first-order valence-corrected chi connectivity index (χ1v) is 6.42. The molecule has 0 bridgehead atoms. The van der Waals surface area contributed by atoms with Crippen molar-refractivity contribution >= 4 is 5.97 Å². The fraction of sp³-hybridized carbons (Fsp3) is 0.818. The van der Waals surface area contributed by atoms with Crippen molar-refractivity contribution in [3.05, 3.63) is 5.82 Å². The smallest absolute Gasteiger partial charge is 0.308 e. The fourth-order valence-corrected chi connectivity index (χ4v) is 2.29. The highest BCUT2D eigenvalue weighted by molar-refractivity contribution is 5.72. The predicted molar refractivity (Wildman–Crippen MR) is 63.4 cm³/mol. The Morgan fingerprint density at radius 1 is 1.44 bits per heavy atom. The molecule has 0 spiro atoms. The monoisotopic (exact) mass is 253 g/mol. The number of rotatable bonds is 5. The third-order valence-electron chi connectivity index (χ3n) is 3.29. The molecule has 7 nitrogen and oxygen atoms in total. The minimum Gasteiger partial charge on any atom is -0.466 e. The Kier molecular flexibility index (Phi) is 4.63. The number of hydrogen-bond acceptors (Lipinski definition) is 6. The zero-order chi connectivity index (χ0) is 12.8. The number of nitrogens with one attached hydrogen (secondary N) is 2. The first-order valence-electron chi connectivity index (χ1n) is 6.42. The molecule has 2 rings (SSSR count). The van der Waals surface area contributed by atoms with Gasteiger partial charge in [0.05, 0.1) is 19.1 Å². The summed E-state index contributed by atoms with van der Waals surface area (Å²) in [5.74, 6) is 0.699. The van der Waals surface area contributed by atoms with Crippen LogP contribution in [0.3, 0.4) is 0 Å². The van der Waals surface area contributed by atoms with Crippen LogP contribution in [0.4, 0.5) is 0 Å². The lowest BCUT2D eigenvalue weighted by atomic mass is 9.86. The Balaban J connectivity index is 1.68. The number of esters is 1. The normalized spacial score (nSPS) is 23.8. The molecular formula is C11H19N5O2. The zero-order valence-corrected chi connectivity index (χ0v) is 10.6. The molecule has 100 valence electrons. The third-order valence-corrected chi connectivity index (χ3v) is 3.29. The van der Waals surface area contributed by atoms with Gasteiger partial charge in [0.1, 0.15) is 0 Å². The van der Waals surface area contributed by atoms with E-state index in [-0.39, 0.29) is 11.9 Å². The van der Waals surface area contributed by atoms with Crippen molar-refractivity contribution in [2.75, 3.05) is 6.61 Å². The SMILES string of the molecule is CCOC(=O)C1CCC(NCc2nn[nH]n2)CC1. The highest BCUT2D eigenvalue weighted by atomic mass is 16.5. The number of carbonyl (C=O) groups excluding carboxylic acids is 1. The number of hydrogen-bond donors (Lipinski definition) is 2. The van der Waals surface area contributed by atoms with Gasteiger partial charge in [0.25, 0.3) is 0 Å². The second-order valence-electron chi connectivity index (χ2n) is 4.51. The van der Waals surface area contributed by atoms with Crippen LogP contribution in [-0.2, 0) is 16.1 Å². The van der Waals surface area contributed by atoms with Crippen molar-refractivity contribution in [1.82, 2.24) is 25.9 Å². The average Bonchev–Trinajstić information content (AvgIpc) is 2.90. The molecule has 0 aliphatic heterocycles. The van der Waals surface area contributed by atoms with Crippen LogP contribution >= 0.6 is 0 Å². The molecule has 1 saturated carbocycles. The zero-order valence-electron chi connectivity index (χ0n) is 10.6. The first-order chi connectivity index (χ1) is 8.79. The number of aromatic amines is 1. The summed E-state index contributed by atoms with van der Waals surface area (Å²) in [5, 5.41) is 17.1. The van der Waals surface area contributed by atoms with E-state index < -0.39 is 0 Å². The quantitative estimate of drug-likeness (QED) is 0.738. The summed E-state index contributed by atoms with van der Waals surface area (Å²) in [6.07, 6.45) is 3.76. The summed E-state index contributed by atoms with van der Waals surface area (Å²) in [6.45, 7) is 2.93. The van der Waals surface area contributed by atoms with E-state index in [1.807, 2.05) is 6.92 Å². The number of tetrazole rings is 1. The van der Waals surface area contributed by atoms with Gasteiger partial charge in [-0.3, -0.25) is 4.79 Å². The summed E-state index contributed by atoms with van der Waals surface area (Å²) in [6, 6.07) is 0.425. The minimum atomic E-state index is -0.0471. The second kappa shape index (κ2) is 6.44. The molecule has 1 aromatic heterocycles. The molecule has 0 saturated heterocycles. The molecule has 2 N–H and O–H groups in total. The maximum atomic E-state index is 11.6. The molecule has 0 atom stereocenters. The van der Waals surface area contributed by atoms with E-state index >= 15 is 0 Å². The van der Waals surface area contributed by atoms with Gasteiger partial charge < -0.3 is 10.1 Å². The molecular weight excluding hydrogens is 234 g/mol. The third kappa shape index (κ3) is 3.49. The van der Waals surface area contributed by atoms with Crippen LogP contribution in [0.1, 0.15) is 38.4 Å². The van der Waals surface area contributed by atoms with Crippen LogP contribution < -0.4 is 5.32 Å². The molecule has 1 aliphatic carbocycles. The van der Waals surface area contributed by atoms with Gasteiger partial charge in [-0.05, 0) is 32.6 Å². The number of ether oxygens (including phenoxy) is 1. The lowest BCUT2D eigenvalue weighted by Gasteiger charge is -2.27. The molecule has 1 heterocycles. The molecule has 0 aromatic carbocycles. The molecule has 1 aliphatic rings. The largest absolute Gasteiger partial charge is 0.466 e. The van der Waals surface area contributed by atoms with Crippen molar-refractivity contribution in [3.63, 3.8) is 0 Å². The molecule has 18 heavy (non-hydrogen) atoms. The standard InChI is InChI=1S/C11H19N5O2/c1-2-18-11(17)8-3-5-9(6-4-8)12-7-10-13-15-16-14-10/h8-9,12H,2-7H2,1H3,(H,13,14,15,16). The predicted octanol–water partition coefficient (Wildman–Crippen LogP) is 0.411. The second-order valence-corrected chi connectivity index (χ2v) is 4.51. The van der Waals surface area contributed by atoms with Gasteiger partial charge in [0.15, 0.2) is 5.82 Å². The molecule has 0 amide bonds. The van der Waals surface area contributed by atoms with Gasteiger partial charge in [0.2, 0.25) is 0 Å². The van der Waals surface area contributed by atoms with Gasteiger partial charge in [-0.15, -0.1) is 10.2 Å². The topological polar surface area (TPSA) is 92.8 Å². The van der Waals surface area contributed by atoms with Crippen molar-refractivity contribution < 1.29 is 9.53 Å². The van der Waals surface area contributed by atoms with E-state index in [4.69, 9.17) is 4.74 Å². The van der Waals surface area contributed by atoms with Crippen molar-refractivity contribution in [2.45, 2.75) is 45.2 Å². The number of H-pyrrole nitrogens is 1. The van der Waals surface area contributed by atoms with E-state index in [2.05, 4.69) is 25.9 Å². The Morgan fingerprint density at radius 3 is 2.83 bits per heavy atom. The van der Waals surface area contributed by atoms with Crippen LogP contribution in [0.25, 0.3) is 0 Å². The fourth-order valence-electron chi connectivity index (χ4n) is 2.29. The Morgan fingerprint density at radius 2 is 2.22 bits per heavy atom. The van der Waals surface area contributed by atoms with Crippen LogP contribution in [0.5, 0.6) is 0 Å². The first kappa shape index (κ1) is 12.9. The lowest BCUT2D eigenvalue weighted by Crippen LogP contribution is -2.35. The Labute approximate surface area is 106 Å². The molecule has 1 fully saturated rings. The lowest BCUT2D eigenvalue weighted by molar-refractivity contribution is -0.149. The van der Waals surface area contributed by atoms with Crippen LogP contribution in [-0.4, -0.2) is 39.2 Å². The van der Waals surface area contributed by atoms with E-state index in [1.165, 1.54) is 0 Å². The van der Waals surface area contributed by atoms with E-state index in [0.29, 0.717) is 25.0 Å². The Bertz CT molecular complexity index is 360. The summed E-state index contributed by atoms with van der Waals surface area (Å²) in [4.78, 5) is 11.6. The maximum absolute atomic E-state index is 11.6. The number of carbonyl (C=O) groups is 1. The van der Waals surface area contributed by atoms with E-state index in [1.54, 1.807) is 0 Å². The molecule has 7 heteroatoms. The number of aromatic nitrogens is 4. The van der Waals surface area contributed by atoms with Gasteiger partial charge in [-0.1, -0.05) is 5.21 Å². The van der Waals surface area contributed by atoms with Crippen LogP contribution in [0, 0.1) is 5.92 Å². The van der Waals surface area contributed by atoms with Gasteiger partial charge in [-0.25, -0.2) is 0 Å². The Hall–Kier alpha value is -1.50. The molecule has 0 radical (unpaired) electrons.